The largest absolute Gasteiger partial charge is 0.337 e. The zero-order chi connectivity index (χ0) is 10.7. The third kappa shape index (κ3) is 3.84. The highest BCUT2D eigenvalue weighted by atomic mass is 35.5. The first-order valence-electron chi connectivity index (χ1n) is 5.18. The Morgan fingerprint density at radius 3 is 2.82 bits per heavy atom. The van der Waals surface area contributed by atoms with Crippen molar-refractivity contribution < 1.29 is 4.79 Å². The van der Waals surface area contributed by atoms with Crippen LogP contribution in [0, 0.1) is 0 Å². The fourth-order valence-electron chi connectivity index (χ4n) is 1.85. The number of hydrogen-bond donors (Lipinski definition) is 1. The van der Waals surface area contributed by atoms with Crippen molar-refractivity contribution in [2.75, 3.05) is 20.1 Å². The minimum absolute atomic E-state index is 0. The molecule has 0 radical (unpaired) electrons. The van der Waals surface area contributed by atoms with Gasteiger partial charge in [0.25, 0.3) is 5.91 Å². The Morgan fingerprint density at radius 2 is 2.29 bits per heavy atom. The number of pyridine rings is 1. The lowest BCUT2D eigenvalue weighted by Gasteiger charge is -2.15. The number of hydrogen-bond acceptors (Lipinski definition) is 3. The zero-order valence-electron chi connectivity index (χ0n) is 9.63. The lowest BCUT2D eigenvalue weighted by Crippen LogP contribution is -2.33. The van der Waals surface area contributed by atoms with E-state index in [1.807, 2.05) is 18.0 Å². The van der Waals surface area contributed by atoms with Gasteiger partial charge in [-0.3, -0.25) is 9.78 Å². The summed E-state index contributed by atoms with van der Waals surface area (Å²) in [6, 6.07) is 4.03. The van der Waals surface area contributed by atoms with Gasteiger partial charge >= 0.3 is 0 Å². The molecule has 1 fully saturated rings. The molecular weight excluding hydrogens is 261 g/mol. The summed E-state index contributed by atoms with van der Waals surface area (Å²) >= 11 is 0. The van der Waals surface area contributed by atoms with Gasteiger partial charge in [-0.05, 0) is 25.6 Å². The molecular formula is C11H17Cl2N3O. The van der Waals surface area contributed by atoms with Gasteiger partial charge in [0, 0.05) is 31.5 Å². The number of rotatable bonds is 2. The van der Waals surface area contributed by atoms with Crippen LogP contribution < -0.4 is 5.32 Å². The van der Waals surface area contributed by atoms with Crippen LogP contribution in [-0.4, -0.2) is 42.0 Å². The Kier molecular flexibility index (Phi) is 7.11. The first-order chi connectivity index (χ1) is 7.31. The summed E-state index contributed by atoms with van der Waals surface area (Å²) in [5.74, 6) is 0.0841. The van der Waals surface area contributed by atoms with Gasteiger partial charge in [0.2, 0.25) is 0 Å². The molecule has 0 spiro atoms. The first kappa shape index (κ1) is 16.2. The maximum atomic E-state index is 12.0. The number of aromatic nitrogens is 1. The van der Waals surface area contributed by atoms with Crippen molar-refractivity contribution in [2.24, 2.45) is 0 Å². The van der Waals surface area contributed by atoms with Gasteiger partial charge in [-0.2, -0.15) is 0 Å². The smallest absolute Gasteiger partial charge is 0.255 e. The topological polar surface area (TPSA) is 45.2 Å². The molecule has 1 aromatic heterocycles. The van der Waals surface area contributed by atoms with Crippen molar-refractivity contribution in [1.29, 1.82) is 0 Å². The lowest BCUT2D eigenvalue weighted by atomic mass is 10.2. The van der Waals surface area contributed by atoms with E-state index in [0.717, 1.165) is 19.5 Å². The van der Waals surface area contributed by atoms with E-state index in [2.05, 4.69) is 10.3 Å². The standard InChI is InChI=1S/C11H15N3O.2ClH/c1-12-10-4-6-14(8-10)11(15)9-3-2-5-13-7-9;;/h2-3,5,7,10,12H,4,6,8H2,1H3;2*1H. The molecule has 6 heteroatoms. The van der Waals surface area contributed by atoms with Gasteiger partial charge in [-0.25, -0.2) is 0 Å². The van der Waals surface area contributed by atoms with E-state index in [1.165, 1.54) is 0 Å². The molecule has 0 bridgehead atoms. The third-order valence-electron chi connectivity index (χ3n) is 2.79. The minimum atomic E-state index is 0. The number of carbonyl (C=O) groups excluding carboxylic acids is 1. The van der Waals surface area contributed by atoms with E-state index < -0.39 is 0 Å². The van der Waals surface area contributed by atoms with Crippen molar-refractivity contribution in [2.45, 2.75) is 12.5 Å². The molecule has 0 aliphatic carbocycles. The van der Waals surface area contributed by atoms with Crippen molar-refractivity contribution in [3.63, 3.8) is 0 Å². The molecule has 96 valence electrons. The highest BCUT2D eigenvalue weighted by Gasteiger charge is 2.25. The monoisotopic (exact) mass is 277 g/mol. The predicted octanol–water partition coefficient (Wildman–Crippen LogP) is 1.36. The Balaban J connectivity index is 0.00000128. The van der Waals surface area contributed by atoms with Gasteiger partial charge in [0.05, 0.1) is 5.56 Å². The normalized spacial score (nSPS) is 18.2. The van der Waals surface area contributed by atoms with Gasteiger partial charge in [-0.15, -0.1) is 24.8 Å². The van der Waals surface area contributed by atoms with Crippen LogP contribution in [0.4, 0.5) is 0 Å². The van der Waals surface area contributed by atoms with Crippen LogP contribution >= 0.6 is 24.8 Å². The van der Waals surface area contributed by atoms with Crippen LogP contribution in [0.25, 0.3) is 0 Å². The maximum Gasteiger partial charge on any atom is 0.255 e. The predicted molar refractivity (Wildman–Crippen MR) is 72.1 cm³/mol. The molecule has 2 heterocycles. The molecule has 1 aromatic rings. The summed E-state index contributed by atoms with van der Waals surface area (Å²) in [6.45, 7) is 1.63. The number of amides is 1. The van der Waals surface area contributed by atoms with E-state index in [0.29, 0.717) is 11.6 Å². The summed E-state index contributed by atoms with van der Waals surface area (Å²) in [6.07, 6.45) is 4.33. The molecule has 1 aliphatic heterocycles. The van der Waals surface area contributed by atoms with Crippen LogP contribution in [0.3, 0.4) is 0 Å². The van der Waals surface area contributed by atoms with Gasteiger partial charge in [-0.1, -0.05) is 0 Å². The molecule has 1 amide bonds. The van der Waals surface area contributed by atoms with Crippen molar-refractivity contribution in [1.82, 2.24) is 15.2 Å². The van der Waals surface area contributed by atoms with E-state index in [1.54, 1.807) is 18.5 Å². The number of nitrogens with one attached hydrogen (secondary N) is 1. The van der Waals surface area contributed by atoms with Gasteiger partial charge in [0.15, 0.2) is 0 Å². The molecule has 2 rings (SSSR count). The summed E-state index contributed by atoms with van der Waals surface area (Å²) in [5, 5.41) is 3.19. The Bertz CT molecular complexity index is 348. The average Bonchev–Trinajstić information content (AvgIpc) is 2.78. The number of halogens is 2. The Labute approximate surface area is 114 Å². The van der Waals surface area contributed by atoms with Crippen LogP contribution in [0.1, 0.15) is 16.8 Å². The molecule has 1 saturated heterocycles. The van der Waals surface area contributed by atoms with Crippen LogP contribution in [0.15, 0.2) is 24.5 Å². The SMILES string of the molecule is CNC1CCN(C(=O)c2cccnc2)C1.Cl.Cl. The van der Waals surface area contributed by atoms with Gasteiger partial charge in [0.1, 0.15) is 0 Å². The molecule has 17 heavy (non-hydrogen) atoms. The average molecular weight is 278 g/mol. The lowest BCUT2D eigenvalue weighted by molar-refractivity contribution is 0.0789. The quantitative estimate of drug-likeness (QED) is 0.888. The number of nitrogens with zero attached hydrogens (tertiary/aromatic N) is 2. The van der Waals surface area contributed by atoms with Crippen LogP contribution in [0.5, 0.6) is 0 Å². The zero-order valence-corrected chi connectivity index (χ0v) is 11.3. The van der Waals surface area contributed by atoms with E-state index in [9.17, 15) is 4.79 Å². The second-order valence-corrected chi connectivity index (χ2v) is 3.77. The maximum absolute atomic E-state index is 12.0. The number of likely N-dealkylation sites (tertiary alicyclic amines) is 1. The molecule has 1 N–H and O–H groups in total. The highest BCUT2D eigenvalue weighted by molar-refractivity contribution is 5.94. The molecule has 1 unspecified atom stereocenters. The fraction of sp³-hybridized carbons (Fsp3) is 0.455. The fourth-order valence-corrected chi connectivity index (χ4v) is 1.85. The second-order valence-electron chi connectivity index (χ2n) is 3.77. The second kappa shape index (κ2) is 7.48. The third-order valence-corrected chi connectivity index (χ3v) is 2.79. The molecule has 0 saturated carbocycles. The minimum Gasteiger partial charge on any atom is -0.337 e. The molecule has 1 aliphatic rings. The van der Waals surface area contributed by atoms with Crippen LogP contribution in [0.2, 0.25) is 0 Å². The van der Waals surface area contributed by atoms with Crippen molar-refractivity contribution in [3.05, 3.63) is 30.1 Å². The summed E-state index contributed by atoms with van der Waals surface area (Å²) in [7, 11) is 1.93. The number of carbonyl (C=O) groups is 1. The molecule has 0 aromatic carbocycles. The number of likely N-dealkylation sites (N-methyl/N-ethyl adjacent to an activating group) is 1. The molecule has 4 nitrogen and oxygen atoms in total. The highest BCUT2D eigenvalue weighted by Crippen LogP contribution is 2.12. The summed E-state index contributed by atoms with van der Waals surface area (Å²) in [4.78, 5) is 17.8. The van der Waals surface area contributed by atoms with Crippen molar-refractivity contribution in [3.8, 4) is 0 Å². The van der Waals surface area contributed by atoms with Crippen molar-refractivity contribution >= 4 is 30.7 Å². The Morgan fingerprint density at radius 1 is 1.53 bits per heavy atom. The van der Waals surface area contributed by atoms with Gasteiger partial charge < -0.3 is 10.2 Å². The van der Waals surface area contributed by atoms with Crippen LogP contribution in [-0.2, 0) is 0 Å². The van der Waals surface area contributed by atoms with E-state index in [4.69, 9.17) is 0 Å². The van der Waals surface area contributed by atoms with E-state index in [-0.39, 0.29) is 30.7 Å². The van der Waals surface area contributed by atoms with E-state index >= 15 is 0 Å². The first-order valence-corrected chi connectivity index (χ1v) is 5.18. The summed E-state index contributed by atoms with van der Waals surface area (Å²) in [5.41, 5.74) is 0.675. The molecule has 1 atom stereocenters. The summed E-state index contributed by atoms with van der Waals surface area (Å²) < 4.78 is 0. The Hall–Kier alpha value is -0.840.